The Morgan fingerprint density at radius 2 is 1.79 bits per heavy atom. The highest BCUT2D eigenvalue weighted by atomic mass is 16.5. The number of carboxylic acids is 3. The number of carbonyl (C=O) groups is 3. The van der Waals surface area contributed by atoms with Gasteiger partial charge in [0, 0.05) is 25.9 Å². The van der Waals surface area contributed by atoms with Crippen molar-refractivity contribution < 1.29 is 44.0 Å². The number of aromatic nitrogens is 2. The highest BCUT2D eigenvalue weighted by Crippen LogP contribution is 2.24. The van der Waals surface area contributed by atoms with E-state index in [1.807, 2.05) is 18.3 Å². The minimum atomic E-state index is -2.74. The molecule has 0 spiro atoms. The highest BCUT2D eigenvalue weighted by molar-refractivity contribution is 5.88. The lowest BCUT2D eigenvalue weighted by Gasteiger charge is -2.27. The third kappa shape index (κ3) is 10.6. The number of nitrogens with zero attached hydrogens (tertiary/aromatic N) is 4. The van der Waals surface area contributed by atoms with Gasteiger partial charge in [0.15, 0.2) is 11.8 Å². The molecule has 1 aliphatic heterocycles. The zero-order valence-electron chi connectivity index (χ0n) is 21.9. The molecule has 2 aromatic rings. The zero-order chi connectivity index (χ0) is 28.1. The molecule has 1 saturated heterocycles. The van der Waals surface area contributed by atoms with E-state index in [1.165, 1.54) is 12.1 Å². The van der Waals surface area contributed by atoms with Crippen molar-refractivity contribution in [3.05, 3.63) is 42.1 Å². The monoisotopic (exact) mass is 538 g/mol. The van der Waals surface area contributed by atoms with E-state index in [-0.39, 0.29) is 6.23 Å². The molecule has 38 heavy (non-hydrogen) atoms. The van der Waals surface area contributed by atoms with Crippen LogP contribution < -0.4 is 0 Å². The number of hydrogen-bond donors (Lipinski definition) is 4. The summed E-state index contributed by atoms with van der Waals surface area (Å²) in [6.45, 7) is 4.61. The lowest BCUT2D eigenvalue weighted by atomic mass is 9.96. The molecule has 0 saturated carbocycles. The predicted octanol–water partition coefficient (Wildman–Crippen LogP) is 1.88. The van der Waals surface area contributed by atoms with Gasteiger partial charge in [0.05, 0.1) is 31.3 Å². The maximum atomic E-state index is 10.3. The topological polar surface area (TPSA) is 179 Å². The molecule has 1 atom stereocenters. The van der Waals surface area contributed by atoms with Gasteiger partial charge < -0.3 is 34.5 Å². The summed E-state index contributed by atoms with van der Waals surface area (Å²) in [7, 11) is 4.23. The molecule has 0 radical (unpaired) electrons. The molecule has 0 bridgehead atoms. The Morgan fingerprint density at radius 1 is 1.08 bits per heavy atom. The second kappa shape index (κ2) is 15.2. The van der Waals surface area contributed by atoms with Crippen LogP contribution in [0.4, 0.5) is 0 Å². The maximum Gasteiger partial charge on any atom is 0.336 e. The molecule has 0 amide bonds. The maximum absolute atomic E-state index is 10.3. The van der Waals surface area contributed by atoms with Crippen molar-refractivity contribution in [2.75, 3.05) is 33.8 Å². The minimum Gasteiger partial charge on any atom is -0.481 e. The van der Waals surface area contributed by atoms with Crippen molar-refractivity contribution in [2.45, 2.75) is 63.4 Å². The molecule has 13 heteroatoms. The van der Waals surface area contributed by atoms with Gasteiger partial charge in [-0.2, -0.15) is 5.10 Å². The van der Waals surface area contributed by atoms with Crippen LogP contribution in [0.25, 0.3) is 0 Å². The number of aliphatic hydroxyl groups is 1. The molecule has 2 aromatic heterocycles. The molecule has 1 unspecified atom stereocenters. The molecule has 13 nitrogen and oxygen atoms in total. The van der Waals surface area contributed by atoms with E-state index in [2.05, 4.69) is 39.7 Å². The Bertz CT molecular complexity index is 984. The molecule has 3 rings (SSSR count). The minimum absolute atomic E-state index is 0.0889. The standard InChI is InChI=1S/C19H30N4O2.C6H8O7/c1-21(2)11-6-12-22(16-18-7-5-14-24-18)15-17-9-10-20-23(17)19-8-3-4-13-25-19;7-3(8)1-6(13,5(11)12)2-4(9)10/h5,7,9-10,14,19H,3-4,6,8,11-13,15-16H2,1-2H3;13H,1-2H2,(H,7,8)(H,9,10)(H,11,12). The Balaban J connectivity index is 0.000000332. The van der Waals surface area contributed by atoms with Gasteiger partial charge in [-0.05, 0) is 64.5 Å². The van der Waals surface area contributed by atoms with Crippen LogP contribution in [0.2, 0.25) is 0 Å². The lowest BCUT2D eigenvalue weighted by molar-refractivity contribution is -0.170. The molecule has 212 valence electrons. The third-order valence-electron chi connectivity index (χ3n) is 5.89. The van der Waals surface area contributed by atoms with Crippen LogP contribution in [0.3, 0.4) is 0 Å². The van der Waals surface area contributed by atoms with E-state index in [0.717, 1.165) is 57.8 Å². The van der Waals surface area contributed by atoms with Crippen LogP contribution in [-0.4, -0.2) is 97.3 Å². The van der Waals surface area contributed by atoms with Gasteiger partial charge in [-0.15, -0.1) is 0 Å². The van der Waals surface area contributed by atoms with E-state index in [4.69, 9.17) is 29.6 Å². The first-order valence-electron chi connectivity index (χ1n) is 12.4. The second-order valence-electron chi connectivity index (χ2n) is 9.51. The van der Waals surface area contributed by atoms with Crippen LogP contribution in [0.5, 0.6) is 0 Å². The van der Waals surface area contributed by atoms with Crippen LogP contribution in [-0.2, 0) is 32.2 Å². The second-order valence-corrected chi connectivity index (χ2v) is 9.51. The van der Waals surface area contributed by atoms with Crippen LogP contribution in [0.1, 0.15) is 56.2 Å². The SMILES string of the molecule is CN(C)CCCN(Cc1ccco1)Cc1ccnn1C1CCCCO1.O=C(O)CC(O)(CC(=O)O)C(=O)O. The normalized spacial score (nSPS) is 15.8. The van der Waals surface area contributed by atoms with E-state index in [0.29, 0.717) is 0 Å². The van der Waals surface area contributed by atoms with Gasteiger partial charge in [0.25, 0.3) is 0 Å². The lowest BCUT2D eigenvalue weighted by Crippen LogP contribution is -2.42. The van der Waals surface area contributed by atoms with Crippen LogP contribution >= 0.6 is 0 Å². The van der Waals surface area contributed by atoms with Gasteiger partial charge in [0.2, 0.25) is 0 Å². The summed E-state index contributed by atoms with van der Waals surface area (Å²) >= 11 is 0. The van der Waals surface area contributed by atoms with Crippen molar-refractivity contribution in [1.82, 2.24) is 19.6 Å². The first-order valence-corrected chi connectivity index (χ1v) is 12.4. The smallest absolute Gasteiger partial charge is 0.336 e. The highest BCUT2D eigenvalue weighted by Gasteiger charge is 2.40. The van der Waals surface area contributed by atoms with E-state index in [1.54, 1.807) is 6.26 Å². The molecule has 0 aromatic carbocycles. The van der Waals surface area contributed by atoms with Gasteiger partial charge in [-0.3, -0.25) is 14.5 Å². The van der Waals surface area contributed by atoms with E-state index >= 15 is 0 Å². The fraction of sp³-hybridized carbons (Fsp3) is 0.600. The fourth-order valence-electron chi connectivity index (χ4n) is 4.03. The summed E-state index contributed by atoms with van der Waals surface area (Å²) in [5.74, 6) is -4.01. The molecular formula is C25H38N4O9. The predicted molar refractivity (Wildman–Crippen MR) is 134 cm³/mol. The summed E-state index contributed by atoms with van der Waals surface area (Å²) in [4.78, 5) is 35.1. The molecule has 1 aliphatic rings. The number of ether oxygens (including phenoxy) is 1. The van der Waals surface area contributed by atoms with Gasteiger partial charge in [-0.25, -0.2) is 9.48 Å². The summed E-state index contributed by atoms with van der Waals surface area (Å²) < 4.78 is 13.5. The average molecular weight is 539 g/mol. The van der Waals surface area contributed by atoms with Crippen molar-refractivity contribution in [3.63, 3.8) is 0 Å². The summed E-state index contributed by atoms with van der Waals surface area (Å²) in [6.07, 6.45) is 5.97. The Kier molecular flexibility index (Phi) is 12.4. The van der Waals surface area contributed by atoms with Crippen molar-refractivity contribution in [1.29, 1.82) is 0 Å². The summed E-state index contributed by atoms with van der Waals surface area (Å²) in [6, 6.07) is 6.10. The first-order chi connectivity index (χ1) is 18.0. The van der Waals surface area contributed by atoms with Gasteiger partial charge in [0.1, 0.15) is 5.76 Å². The number of carboxylic acid groups (broad SMARTS) is 3. The Morgan fingerprint density at radius 3 is 2.32 bits per heavy atom. The summed E-state index contributed by atoms with van der Waals surface area (Å²) in [5.41, 5.74) is -1.53. The fourth-order valence-corrected chi connectivity index (χ4v) is 4.03. The largest absolute Gasteiger partial charge is 0.481 e. The van der Waals surface area contributed by atoms with Crippen LogP contribution in [0, 0.1) is 0 Å². The van der Waals surface area contributed by atoms with Crippen molar-refractivity contribution in [3.8, 4) is 0 Å². The van der Waals surface area contributed by atoms with E-state index < -0.39 is 36.4 Å². The number of rotatable bonds is 14. The molecule has 4 N–H and O–H groups in total. The van der Waals surface area contributed by atoms with Crippen molar-refractivity contribution in [2.24, 2.45) is 0 Å². The Labute approximate surface area is 221 Å². The average Bonchev–Trinajstić information content (AvgIpc) is 3.51. The zero-order valence-corrected chi connectivity index (χ0v) is 21.9. The molecule has 0 aliphatic carbocycles. The number of hydrogen-bond acceptors (Lipinski definition) is 9. The third-order valence-corrected chi connectivity index (χ3v) is 5.89. The number of aliphatic carboxylic acids is 3. The van der Waals surface area contributed by atoms with Crippen molar-refractivity contribution >= 4 is 17.9 Å². The number of furan rings is 1. The van der Waals surface area contributed by atoms with Gasteiger partial charge >= 0.3 is 17.9 Å². The van der Waals surface area contributed by atoms with E-state index in [9.17, 15) is 14.4 Å². The molecule has 1 fully saturated rings. The van der Waals surface area contributed by atoms with Crippen LogP contribution in [0.15, 0.2) is 35.1 Å². The molecule has 3 heterocycles. The quantitative estimate of drug-likeness (QED) is 0.275. The molecular weight excluding hydrogens is 500 g/mol. The van der Waals surface area contributed by atoms with Gasteiger partial charge in [-0.1, -0.05) is 0 Å². The first kappa shape index (κ1) is 31.0. The Hall–Kier alpha value is -3.26. The summed E-state index contributed by atoms with van der Waals surface area (Å²) in [5, 5.41) is 38.3.